The number of rotatable bonds is 56. The van der Waals surface area contributed by atoms with E-state index >= 15 is 0 Å². The highest BCUT2D eigenvalue weighted by molar-refractivity contribution is 5.71. The number of hydrogen-bond acceptors (Lipinski definition) is 6. The first-order valence-corrected chi connectivity index (χ1v) is 31.1. The summed E-state index contributed by atoms with van der Waals surface area (Å²) in [4.78, 5) is 38.2. The van der Waals surface area contributed by atoms with E-state index in [0.29, 0.717) is 19.3 Å². The molecule has 0 aromatic heterocycles. The van der Waals surface area contributed by atoms with E-state index in [9.17, 15) is 14.4 Å². The molecule has 0 saturated carbocycles. The van der Waals surface area contributed by atoms with Gasteiger partial charge in [-0.25, -0.2) is 0 Å². The minimum Gasteiger partial charge on any atom is -0.462 e. The van der Waals surface area contributed by atoms with Crippen molar-refractivity contribution in [2.24, 2.45) is 17.8 Å². The quantitative estimate of drug-likeness (QED) is 0.0343. The molecule has 0 heterocycles. The third-order valence-electron chi connectivity index (χ3n) is 14.4. The van der Waals surface area contributed by atoms with Crippen LogP contribution >= 0.6 is 0 Å². The van der Waals surface area contributed by atoms with Crippen LogP contribution in [-0.2, 0) is 28.6 Å². The molecular formula is C63H122O6. The van der Waals surface area contributed by atoms with Crippen molar-refractivity contribution in [3.05, 3.63) is 0 Å². The smallest absolute Gasteiger partial charge is 0.306 e. The Kier molecular flexibility index (Phi) is 52.9. The zero-order chi connectivity index (χ0) is 50.5. The Hall–Kier alpha value is -1.59. The number of carbonyl (C=O) groups excluding carboxylic acids is 3. The van der Waals surface area contributed by atoms with Crippen LogP contribution in [0, 0.1) is 17.8 Å². The predicted molar refractivity (Wildman–Crippen MR) is 298 cm³/mol. The first-order valence-electron chi connectivity index (χ1n) is 31.1. The van der Waals surface area contributed by atoms with Gasteiger partial charge >= 0.3 is 17.9 Å². The molecule has 6 nitrogen and oxygen atoms in total. The number of carbonyl (C=O) groups is 3. The van der Waals surface area contributed by atoms with Crippen LogP contribution in [0.3, 0.4) is 0 Å². The maximum absolute atomic E-state index is 12.9. The van der Waals surface area contributed by atoms with Crippen LogP contribution in [0.15, 0.2) is 0 Å². The van der Waals surface area contributed by atoms with Crippen molar-refractivity contribution in [2.45, 2.75) is 356 Å². The van der Waals surface area contributed by atoms with Crippen molar-refractivity contribution in [3.8, 4) is 0 Å². The lowest BCUT2D eigenvalue weighted by atomic mass is 10.0. The van der Waals surface area contributed by atoms with Gasteiger partial charge in [0.25, 0.3) is 0 Å². The number of hydrogen-bond donors (Lipinski definition) is 0. The molecule has 0 aromatic rings. The first kappa shape index (κ1) is 67.4. The van der Waals surface area contributed by atoms with Gasteiger partial charge in [-0.2, -0.15) is 0 Å². The zero-order valence-electron chi connectivity index (χ0n) is 47.6. The average Bonchev–Trinajstić information content (AvgIpc) is 3.31. The van der Waals surface area contributed by atoms with E-state index in [0.717, 1.165) is 75.5 Å². The second-order valence-corrected chi connectivity index (χ2v) is 23.1. The Morgan fingerprint density at radius 3 is 0.623 bits per heavy atom. The van der Waals surface area contributed by atoms with Crippen molar-refractivity contribution in [1.82, 2.24) is 0 Å². The molecule has 0 amide bonds. The summed E-state index contributed by atoms with van der Waals surface area (Å²) in [6.07, 6.45) is 58.2. The van der Waals surface area contributed by atoms with E-state index in [-0.39, 0.29) is 31.1 Å². The second kappa shape index (κ2) is 54.2. The van der Waals surface area contributed by atoms with Crippen LogP contribution in [-0.4, -0.2) is 37.2 Å². The summed E-state index contributed by atoms with van der Waals surface area (Å²) in [5.41, 5.74) is 0. The van der Waals surface area contributed by atoms with E-state index in [1.165, 1.54) is 231 Å². The molecular weight excluding hydrogens is 853 g/mol. The van der Waals surface area contributed by atoms with Gasteiger partial charge in [0.15, 0.2) is 6.10 Å². The molecule has 0 spiro atoms. The van der Waals surface area contributed by atoms with E-state index in [4.69, 9.17) is 14.2 Å². The maximum atomic E-state index is 12.9. The minimum atomic E-state index is -0.764. The van der Waals surface area contributed by atoms with Gasteiger partial charge in [-0.3, -0.25) is 14.4 Å². The molecule has 0 aliphatic carbocycles. The third-order valence-corrected chi connectivity index (χ3v) is 14.4. The normalized spacial score (nSPS) is 12.1. The standard InChI is InChI=1S/C63H122O6/c1-57(2)49-43-37-31-25-19-15-11-9-7-8-10-12-18-22-30-36-42-48-54-63(66)69-60(56-68-62(65)53-47-41-35-29-24-23-27-33-39-45-51-59(5)6)55-67-61(64)52-46-40-34-28-21-17-14-13-16-20-26-32-38-44-50-58(3)4/h57-60H,7-56H2,1-6H3/t60-/m1/s1. The van der Waals surface area contributed by atoms with E-state index in [1.54, 1.807) is 0 Å². The van der Waals surface area contributed by atoms with Gasteiger partial charge in [-0.15, -0.1) is 0 Å². The van der Waals surface area contributed by atoms with E-state index in [1.807, 2.05) is 0 Å². The average molecular weight is 976 g/mol. The molecule has 410 valence electrons. The molecule has 0 fully saturated rings. The van der Waals surface area contributed by atoms with Crippen LogP contribution < -0.4 is 0 Å². The second-order valence-electron chi connectivity index (χ2n) is 23.1. The lowest BCUT2D eigenvalue weighted by Gasteiger charge is -2.18. The highest BCUT2D eigenvalue weighted by atomic mass is 16.6. The van der Waals surface area contributed by atoms with Crippen LogP contribution in [0.2, 0.25) is 0 Å². The number of unbranched alkanes of at least 4 members (excludes halogenated alkanes) is 39. The summed E-state index contributed by atoms with van der Waals surface area (Å²) >= 11 is 0. The maximum Gasteiger partial charge on any atom is 0.306 e. The third kappa shape index (κ3) is 57.2. The molecule has 0 aliphatic heterocycles. The van der Waals surface area contributed by atoms with Gasteiger partial charge in [0, 0.05) is 19.3 Å². The number of ether oxygens (including phenoxy) is 3. The highest BCUT2D eigenvalue weighted by Crippen LogP contribution is 2.19. The predicted octanol–water partition coefficient (Wildman–Crippen LogP) is 20.7. The van der Waals surface area contributed by atoms with Crippen LogP contribution in [0.4, 0.5) is 0 Å². The van der Waals surface area contributed by atoms with E-state index < -0.39 is 6.10 Å². The summed E-state index contributed by atoms with van der Waals surface area (Å²) < 4.78 is 16.9. The van der Waals surface area contributed by atoms with Crippen LogP contribution in [0.1, 0.15) is 350 Å². The fourth-order valence-electron chi connectivity index (χ4n) is 9.71. The molecule has 0 radical (unpaired) electrons. The van der Waals surface area contributed by atoms with Gasteiger partial charge in [0.2, 0.25) is 0 Å². The molecule has 0 saturated heterocycles. The molecule has 0 N–H and O–H groups in total. The Labute approximate surface area is 431 Å². The molecule has 0 bridgehead atoms. The monoisotopic (exact) mass is 975 g/mol. The summed E-state index contributed by atoms with van der Waals surface area (Å²) in [7, 11) is 0. The summed E-state index contributed by atoms with van der Waals surface area (Å²) in [5.74, 6) is 1.68. The molecule has 6 heteroatoms. The van der Waals surface area contributed by atoms with Crippen molar-refractivity contribution in [2.75, 3.05) is 13.2 Å². The molecule has 0 rings (SSSR count). The molecule has 69 heavy (non-hydrogen) atoms. The lowest BCUT2D eigenvalue weighted by Crippen LogP contribution is -2.30. The zero-order valence-corrected chi connectivity index (χ0v) is 47.6. The van der Waals surface area contributed by atoms with Crippen molar-refractivity contribution >= 4 is 17.9 Å². The molecule has 1 atom stereocenters. The van der Waals surface area contributed by atoms with Gasteiger partial charge in [0.1, 0.15) is 13.2 Å². The Morgan fingerprint density at radius 1 is 0.246 bits per heavy atom. The Morgan fingerprint density at radius 2 is 0.420 bits per heavy atom. The van der Waals surface area contributed by atoms with Gasteiger partial charge in [-0.05, 0) is 37.0 Å². The first-order chi connectivity index (χ1) is 33.6. The van der Waals surface area contributed by atoms with E-state index in [2.05, 4.69) is 41.5 Å². The molecule has 0 aromatic carbocycles. The highest BCUT2D eigenvalue weighted by Gasteiger charge is 2.19. The lowest BCUT2D eigenvalue weighted by molar-refractivity contribution is -0.167. The molecule has 0 unspecified atom stereocenters. The fourth-order valence-corrected chi connectivity index (χ4v) is 9.71. The van der Waals surface area contributed by atoms with Crippen molar-refractivity contribution in [1.29, 1.82) is 0 Å². The largest absolute Gasteiger partial charge is 0.462 e. The Balaban J connectivity index is 4.26. The molecule has 0 aliphatic rings. The van der Waals surface area contributed by atoms with Gasteiger partial charge in [0.05, 0.1) is 0 Å². The fraction of sp³-hybridized carbons (Fsp3) is 0.952. The van der Waals surface area contributed by atoms with Gasteiger partial charge < -0.3 is 14.2 Å². The van der Waals surface area contributed by atoms with Crippen LogP contribution in [0.25, 0.3) is 0 Å². The summed E-state index contributed by atoms with van der Waals surface area (Å²) in [6, 6.07) is 0. The SMILES string of the molecule is CC(C)CCCCCCCCCCCCCCCCCCCCC(=O)O[C@H](COC(=O)CCCCCCCCCCCCCCCCC(C)C)COC(=O)CCCCCCCCCCCCC(C)C. The van der Waals surface area contributed by atoms with Crippen molar-refractivity contribution < 1.29 is 28.6 Å². The van der Waals surface area contributed by atoms with Crippen molar-refractivity contribution in [3.63, 3.8) is 0 Å². The summed E-state index contributed by atoms with van der Waals surface area (Å²) in [6.45, 7) is 13.8. The topological polar surface area (TPSA) is 78.9 Å². The van der Waals surface area contributed by atoms with Gasteiger partial charge in [-0.1, -0.05) is 311 Å². The van der Waals surface area contributed by atoms with Crippen LogP contribution in [0.5, 0.6) is 0 Å². The minimum absolute atomic E-state index is 0.0630. The number of esters is 3. The Bertz CT molecular complexity index is 1070. The summed E-state index contributed by atoms with van der Waals surface area (Å²) in [5, 5.41) is 0.